The minimum Gasteiger partial charge on any atom is -0.379 e. The largest absolute Gasteiger partial charge is 0.379 e. The van der Waals surface area contributed by atoms with E-state index in [2.05, 4.69) is 10.2 Å². The number of nitrogens with two attached hydrogens (primary N) is 1. The lowest BCUT2D eigenvalue weighted by Gasteiger charge is -2.26. The van der Waals surface area contributed by atoms with E-state index in [4.69, 9.17) is 10.5 Å². The van der Waals surface area contributed by atoms with Gasteiger partial charge in [-0.05, 0) is 31.7 Å². The van der Waals surface area contributed by atoms with Gasteiger partial charge in [0.15, 0.2) is 0 Å². The van der Waals surface area contributed by atoms with E-state index in [-0.39, 0.29) is 11.9 Å². The number of ether oxygens (including phenoxy) is 1. The molecule has 0 bridgehead atoms. The fourth-order valence-electron chi connectivity index (χ4n) is 2.33. The van der Waals surface area contributed by atoms with Crippen molar-refractivity contribution < 1.29 is 9.53 Å². The monoisotopic (exact) mass is 255 g/mol. The molecule has 1 heterocycles. The van der Waals surface area contributed by atoms with Crippen LogP contribution in [0.5, 0.6) is 0 Å². The van der Waals surface area contributed by atoms with Gasteiger partial charge in [0.1, 0.15) is 0 Å². The van der Waals surface area contributed by atoms with Crippen LogP contribution >= 0.6 is 0 Å². The van der Waals surface area contributed by atoms with Gasteiger partial charge < -0.3 is 15.8 Å². The number of nitrogens with zero attached hydrogens (tertiary/aromatic N) is 1. The molecule has 0 aromatic carbocycles. The lowest BCUT2D eigenvalue weighted by Crippen LogP contribution is -2.38. The second-order valence-electron chi connectivity index (χ2n) is 5.36. The Morgan fingerprint density at radius 2 is 2.11 bits per heavy atom. The van der Waals surface area contributed by atoms with Crippen LogP contribution in [0.1, 0.15) is 25.7 Å². The van der Waals surface area contributed by atoms with Crippen LogP contribution in [0.4, 0.5) is 0 Å². The number of morpholine rings is 1. The first-order chi connectivity index (χ1) is 8.75. The van der Waals surface area contributed by atoms with Gasteiger partial charge in [0.25, 0.3) is 0 Å². The molecule has 0 aromatic rings. The predicted molar refractivity (Wildman–Crippen MR) is 70.2 cm³/mol. The fourth-order valence-corrected chi connectivity index (χ4v) is 2.33. The van der Waals surface area contributed by atoms with E-state index in [1.54, 1.807) is 0 Å². The minimum absolute atomic E-state index is 0.0734. The van der Waals surface area contributed by atoms with Crippen LogP contribution in [-0.4, -0.2) is 56.2 Å². The highest BCUT2D eigenvalue weighted by molar-refractivity contribution is 5.76. The molecule has 1 aliphatic heterocycles. The Morgan fingerprint density at radius 1 is 1.39 bits per heavy atom. The van der Waals surface area contributed by atoms with E-state index < -0.39 is 0 Å². The van der Waals surface area contributed by atoms with Crippen molar-refractivity contribution in [2.75, 3.05) is 39.4 Å². The normalized spacial score (nSPS) is 22.7. The number of amides is 1. The van der Waals surface area contributed by atoms with Crippen LogP contribution in [0.2, 0.25) is 0 Å². The van der Waals surface area contributed by atoms with Crippen molar-refractivity contribution >= 4 is 5.91 Å². The first kappa shape index (κ1) is 13.8. The molecule has 3 N–H and O–H groups in total. The quantitative estimate of drug-likeness (QED) is 0.626. The molecule has 5 heteroatoms. The fraction of sp³-hybridized carbons (Fsp3) is 0.923. The van der Waals surface area contributed by atoms with Crippen LogP contribution < -0.4 is 11.1 Å². The number of hydrogen-bond acceptors (Lipinski definition) is 4. The van der Waals surface area contributed by atoms with Crippen LogP contribution in [0.25, 0.3) is 0 Å². The van der Waals surface area contributed by atoms with E-state index in [1.165, 1.54) is 12.8 Å². The Kier molecular flexibility index (Phi) is 5.41. The van der Waals surface area contributed by atoms with Crippen molar-refractivity contribution in [3.63, 3.8) is 0 Å². The average molecular weight is 255 g/mol. The van der Waals surface area contributed by atoms with E-state index in [0.29, 0.717) is 12.3 Å². The number of carbonyl (C=O) groups excluding carboxylic acids is 1. The molecule has 1 saturated carbocycles. The van der Waals surface area contributed by atoms with Gasteiger partial charge in [0.05, 0.1) is 13.2 Å². The highest BCUT2D eigenvalue weighted by Gasteiger charge is 2.29. The van der Waals surface area contributed by atoms with Crippen LogP contribution in [0, 0.1) is 5.92 Å². The zero-order chi connectivity index (χ0) is 12.8. The summed E-state index contributed by atoms with van der Waals surface area (Å²) in [6, 6.07) is 0.0734. The summed E-state index contributed by atoms with van der Waals surface area (Å²) < 4.78 is 5.29. The van der Waals surface area contributed by atoms with E-state index in [1.807, 2.05) is 0 Å². The third-order valence-electron chi connectivity index (χ3n) is 3.73. The number of rotatable bonds is 7. The lowest BCUT2D eigenvalue weighted by molar-refractivity contribution is -0.121. The van der Waals surface area contributed by atoms with E-state index >= 15 is 0 Å². The molecule has 1 atom stereocenters. The van der Waals surface area contributed by atoms with Crippen molar-refractivity contribution in [1.82, 2.24) is 10.2 Å². The molecular formula is C13H25N3O2. The van der Waals surface area contributed by atoms with Crippen LogP contribution in [0.3, 0.4) is 0 Å². The Hall–Kier alpha value is -0.650. The topological polar surface area (TPSA) is 67.6 Å². The van der Waals surface area contributed by atoms with E-state index in [9.17, 15) is 4.79 Å². The zero-order valence-corrected chi connectivity index (χ0v) is 11.1. The van der Waals surface area contributed by atoms with E-state index in [0.717, 1.165) is 45.8 Å². The van der Waals surface area contributed by atoms with Gasteiger partial charge in [-0.25, -0.2) is 0 Å². The summed E-state index contributed by atoms with van der Waals surface area (Å²) in [5.41, 5.74) is 5.92. The summed E-state index contributed by atoms with van der Waals surface area (Å²) in [7, 11) is 0. The number of nitrogens with one attached hydrogen (secondary N) is 1. The Morgan fingerprint density at radius 3 is 2.78 bits per heavy atom. The molecule has 0 aromatic heterocycles. The second kappa shape index (κ2) is 7.07. The molecule has 1 aliphatic carbocycles. The minimum atomic E-state index is 0.0734. The molecular weight excluding hydrogens is 230 g/mol. The van der Waals surface area contributed by atoms with Gasteiger partial charge >= 0.3 is 0 Å². The van der Waals surface area contributed by atoms with Gasteiger partial charge in [-0.2, -0.15) is 0 Å². The van der Waals surface area contributed by atoms with Gasteiger partial charge in [-0.3, -0.25) is 9.69 Å². The maximum absolute atomic E-state index is 11.6. The van der Waals surface area contributed by atoms with Gasteiger partial charge in [0.2, 0.25) is 5.91 Å². The Balaban J connectivity index is 1.47. The molecule has 18 heavy (non-hydrogen) atoms. The molecule has 1 saturated heterocycles. The van der Waals surface area contributed by atoms with Crippen molar-refractivity contribution in [1.29, 1.82) is 0 Å². The summed E-state index contributed by atoms with van der Waals surface area (Å²) in [5, 5.41) is 2.96. The maximum Gasteiger partial charge on any atom is 0.221 e. The molecule has 0 spiro atoms. The predicted octanol–water partition coefficient (Wildman–Crippen LogP) is -0.0477. The smallest absolute Gasteiger partial charge is 0.221 e. The molecule has 1 unspecified atom stereocenters. The SMILES string of the molecule is NC(CC(=O)NCCCN1CCOCC1)C1CC1. The number of carbonyl (C=O) groups is 1. The van der Waals surface area contributed by atoms with Crippen molar-refractivity contribution in [3.05, 3.63) is 0 Å². The van der Waals surface area contributed by atoms with Gasteiger partial charge in [0, 0.05) is 32.1 Å². The molecule has 1 amide bonds. The van der Waals surface area contributed by atoms with Crippen molar-refractivity contribution in [2.24, 2.45) is 11.7 Å². The third kappa shape index (κ3) is 4.92. The maximum atomic E-state index is 11.6. The molecule has 5 nitrogen and oxygen atoms in total. The highest BCUT2D eigenvalue weighted by atomic mass is 16.5. The van der Waals surface area contributed by atoms with Crippen molar-refractivity contribution in [3.8, 4) is 0 Å². The summed E-state index contributed by atoms with van der Waals surface area (Å²) in [6.07, 6.45) is 3.89. The Bertz CT molecular complexity index is 263. The summed E-state index contributed by atoms with van der Waals surface area (Å²) in [5.74, 6) is 0.709. The summed E-state index contributed by atoms with van der Waals surface area (Å²) in [4.78, 5) is 14.0. The Labute approximate surface area is 109 Å². The first-order valence-electron chi connectivity index (χ1n) is 7.08. The van der Waals surface area contributed by atoms with Crippen LogP contribution in [0.15, 0.2) is 0 Å². The molecule has 104 valence electrons. The first-order valence-corrected chi connectivity index (χ1v) is 7.08. The lowest BCUT2D eigenvalue weighted by atomic mass is 10.1. The van der Waals surface area contributed by atoms with Crippen molar-refractivity contribution in [2.45, 2.75) is 31.7 Å². The average Bonchev–Trinajstić information content (AvgIpc) is 3.20. The summed E-state index contributed by atoms with van der Waals surface area (Å²) >= 11 is 0. The zero-order valence-electron chi connectivity index (χ0n) is 11.1. The van der Waals surface area contributed by atoms with Gasteiger partial charge in [-0.15, -0.1) is 0 Å². The molecule has 0 radical (unpaired) electrons. The highest BCUT2D eigenvalue weighted by Crippen LogP contribution is 2.32. The standard InChI is InChI=1S/C13H25N3O2/c14-12(11-2-3-11)10-13(17)15-4-1-5-16-6-8-18-9-7-16/h11-12H,1-10,14H2,(H,15,17). The molecule has 2 fully saturated rings. The van der Waals surface area contributed by atoms with Gasteiger partial charge in [-0.1, -0.05) is 0 Å². The molecule has 2 rings (SSSR count). The molecule has 2 aliphatic rings. The second-order valence-corrected chi connectivity index (χ2v) is 5.36. The third-order valence-corrected chi connectivity index (χ3v) is 3.73. The number of hydrogen-bond donors (Lipinski definition) is 2. The summed E-state index contributed by atoms with van der Waals surface area (Å²) in [6.45, 7) is 5.50. The van der Waals surface area contributed by atoms with Crippen LogP contribution in [-0.2, 0) is 9.53 Å².